The number of carbonyl (C=O) groups excluding carboxylic acids is 17. The number of amides is 17. The number of imidazole rings is 1. The number of aliphatic hydroxyl groups is 1. The Labute approximate surface area is 788 Å². The van der Waals surface area contributed by atoms with Crippen LogP contribution in [0.5, 0.6) is 0 Å². The summed E-state index contributed by atoms with van der Waals surface area (Å²) in [5.74, 6) is -17.1. The van der Waals surface area contributed by atoms with Gasteiger partial charge in [-0.05, 0) is 91.7 Å². The van der Waals surface area contributed by atoms with Crippen LogP contribution in [0.4, 0.5) is 0 Å². The molecule has 2 fully saturated rings. The number of benzene rings is 4. The molecule has 4 aromatic carbocycles. The van der Waals surface area contributed by atoms with Crippen molar-refractivity contribution in [2.45, 2.75) is 216 Å². The number of thioether (sulfide) groups is 1. The number of hydrogen-bond acceptors (Lipinski definition) is 21. The van der Waals surface area contributed by atoms with Crippen molar-refractivity contribution in [1.29, 1.82) is 5.41 Å². The van der Waals surface area contributed by atoms with Gasteiger partial charge in [0.25, 0.3) is 0 Å². The number of primary amides is 2. The Morgan fingerprint density at radius 1 is 0.533 bits per heavy atom. The van der Waals surface area contributed by atoms with Crippen LogP contribution in [0.25, 0.3) is 22.0 Å². The third-order valence-corrected chi connectivity index (χ3v) is 24.6. The number of nitrogens with zero attached hydrogens (tertiary/aromatic N) is 6. The second-order valence-electron chi connectivity index (χ2n) is 34.4. The SMILES string of the molecule is CCCCC1C(=O)N(C)C(CCCC)C(=O)NC(CCCNC(=N)N)C(=O)NC(C(=O)NCC(N)=O)CSCC(=O)NC(Cc2ccccc2)C(=O)N(C)C(C)C(=O)NC(CC(N)=O)C(=O)N2CCCC2C(=O)NC(Cc2cnc[nH]2)C(=O)NC(CC(C)C)C(=O)N(C)CC(=O)NC(Cc2c[nH]c3ccccc23)C(=O)NC(CO)C(=O)NC(Cc2ccc(-c3ccccc3)cc2)C(=O)N1C. The number of fused-ring (bicyclic) bond motifs is 2. The normalized spacial score (nSPS) is 23.2. The fourth-order valence-electron chi connectivity index (χ4n) is 16.0. The van der Waals surface area contributed by atoms with E-state index in [1.807, 2.05) is 56.3 Å². The molecular weight excluding hydrogens is 1760 g/mol. The van der Waals surface area contributed by atoms with Crippen molar-refractivity contribution in [3.05, 3.63) is 150 Å². The zero-order valence-corrected chi connectivity index (χ0v) is 78.5. The Kier molecular flexibility index (Phi) is 41.5. The number of aliphatic hydroxyl groups excluding tert-OH is 1. The van der Waals surface area contributed by atoms with Crippen molar-refractivity contribution >= 4 is 129 Å². The standard InChI is InChI=1S/C93H129N23O18S/c1-10-12-31-73-86(128)105-64(30-22-38-99-93(96)97)82(124)111-72(81(123)101-48-77(95)119)51-135-52-79(121)104-68(41-56-24-16-14-17-25-56)89(131)113(7)55(5)80(122)107-70(45-76(94)118)91(133)116-39-23-33-74(116)87(129)106-66(44-61-47-98-53-102-61)84(126)108-67(40-54(3)4)88(130)112(6)49-78(120)103-65(43-60-46-100-63-29-21-20-28-62(60)63)83(125)110-71(50-117)85(127)109-69(90(132)115(9)75(32-13-11-2)92(134)114(73)8)42-57-34-36-59(37-35-57)58-26-18-15-19-27-58/h14-21,24-29,34-37,46-47,53-55,64-75,100,117H,10-13,22-23,30-33,38-45,48-52H2,1-9H3,(H2,94,118)(H2,95,119)(H,98,102)(H,101,123)(H,103,120)(H,104,121)(H,105,128)(H,106,129)(H,107,122)(H,108,126)(H,109,127)(H,110,125)(H,111,124)(H4,96,97,99). The number of aromatic amines is 2. The van der Waals surface area contributed by atoms with Gasteiger partial charge in [0.2, 0.25) is 100 Å². The lowest BCUT2D eigenvalue weighted by Gasteiger charge is -2.36. The number of unbranched alkanes of at least 4 members (excludes halogenated alkanes) is 2. The number of guanidine groups is 1. The van der Waals surface area contributed by atoms with E-state index in [-0.39, 0.29) is 89.6 Å². The van der Waals surface area contributed by atoms with E-state index in [4.69, 9.17) is 22.6 Å². The van der Waals surface area contributed by atoms with Crippen LogP contribution < -0.4 is 75.7 Å². The number of hydrogen-bond donors (Lipinski definition) is 18. The molecule has 0 radical (unpaired) electrons. The van der Waals surface area contributed by atoms with E-state index in [1.54, 1.807) is 86.8 Å². The Morgan fingerprint density at radius 3 is 1.72 bits per heavy atom. The van der Waals surface area contributed by atoms with Crippen LogP contribution in [0.1, 0.15) is 134 Å². The Hall–Kier alpha value is -13.8. The van der Waals surface area contributed by atoms with Gasteiger partial charge in [-0.3, -0.25) is 86.9 Å². The van der Waals surface area contributed by atoms with E-state index in [0.29, 0.717) is 59.0 Å². The molecule has 21 N–H and O–H groups in total. The first-order valence-electron chi connectivity index (χ1n) is 45.3. The summed E-state index contributed by atoms with van der Waals surface area (Å²) in [5.41, 5.74) is 21.1. The average Bonchev–Trinajstić information content (AvgIpc) is 1.80. The molecule has 0 bridgehead atoms. The Bertz CT molecular complexity index is 5110. The first-order valence-corrected chi connectivity index (χ1v) is 46.4. The minimum absolute atomic E-state index is 0.000147. The molecular formula is C93H129N23O18S. The smallest absolute Gasteiger partial charge is 0.246 e. The second kappa shape index (κ2) is 52.6. The molecule has 0 spiro atoms. The minimum atomic E-state index is -1.85. The second-order valence-corrected chi connectivity index (χ2v) is 35.4. The van der Waals surface area contributed by atoms with E-state index < -0.39 is 223 Å². The van der Waals surface area contributed by atoms with Crippen LogP contribution in [-0.2, 0) is 107 Å². The fraction of sp³-hybridized carbons (Fsp3) is 0.495. The minimum Gasteiger partial charge on any atom is -0.394 e. The maximum absolute atomic E-state index is 15.7. The monoisotopic (exact) mass is 1890 g/mol. The van der Waals surface area contributed by atoms with Gasteiger partial charge in [-0.15, -0.1) is 11.8 Å². The summed E-state index contributed by atoms with van der Waals surface area (Å²) in [6.45, 7) is 5.93. The number of nitrogens with two attached hydrogens (primary N) is 3. The summed E-state index contributed by atoms with van der Waals surface area (Å²) in [6, 6.07) is 12.3. The molecule has 13 atom stereocenters. The summed E-state index contributed by atoms with van der Waals surface area (Å²) < 4.78 is 0. The van der Waals surface area contributed by atoms with Crippen molar-refractivity contribution in [2.24, 2.45) is 23.1 Å². The number of nitrogens with one attached hydrogen (secondary N) is 14. The number of para-hydroxylation sites is 1. The van der Waals surface area contributed by atoms with Gasteiger partial charge in [0.05, 0.1) is 38.2 Å². The van der Waals surface area contributed by atoms with Crippen molar-refractivity contribution < 1.29 is 86.6 Å². The summed E-state index contributed by atoms with van der Waals surface area (Å²) in [4.78, 5) is 264. The molecule has 2 saturated heterocycles. The summed E-state index contributed by atoms with van der Waals surface area (Å²) >= 11 is 0.795. The van der Waals surface area contributed by atoms with Crippen LogP contribution >= 0.6 is 11.8 Å². The third kappa shape index (κ3) is 32.0. The van der Waals surface area contributed by atoms with Gasteiger partial charge in [-0.2, -0.15) is 0 Å². The molecule has 2 aliphatic rings. The molecule has 8 rings (SSSR count). The molecule has 2 aliphatic heterocycles. The molecule has 4 heterocycles. The van der Waals surface area contributed by atoms with Crippen molar-refractivity contribution in [3.63, 3.8) is 0 Å². The van der Waals surface area contributed by atoms with Crippen LogP contribution in [0, 0.1) is 11.3 Å². The molecule has 17 amide bonds. The molecule has 6 aromatic rings. The first-order chi connectivity index (χ1) is 64.4. The summed E-state index contributed by atoms with van der Waals surface area (Å²) in [6.07, 6.45) is 4.36. The predicted octanol–water partition coefficient (Wildman–Crippen LogP) is -0.952. The molecule has 13 unspecified atom stereocenters. The lowest BCUT2D eigenvalue weighted by Crippen LogP contribution is -2.61. The summed E-state index contributed by atoms with van der Waals surface area (Å²) in [5, 5.41) is 48.9. The van der Waals surface area contributed by atoms with Crippen molar-refractivity contribution in [1.82, 2.24) is 97.9 Å². The Morgan fingerprint density at radius 2 is 1.09 bits per heavy atom. The van der Waals surface area contributed by atoms with Crippen LogP contribution in [0.15, 0.2) is 128 Å². The highest BCUT2D eigenvalue weighted by atomic mass is 32.2. The lowest BCUT2D eigenvalue weighted by atomic mass is 9.98. The fourth-order valence-corrected chi connectivity index (χ4v) is 16.8. The van der Waals surface area contributed by atoms with Crippen molar-refractivity contribution in [2.75, 3.05) is 72.5 Å². The average molecular weight is 1890 g/mol. The van der Waals surface area contributed by atoms with Gasteiger partial charge >= 0.3 is 0 Å². The van der Waals surface area contributed by atoms with E-state index in [2.05, 4.69) is 73.4 Å². The van der Waals surface area contributed by atoms with Gasteiger partial charge in [0.15, 0.2) is 5.96 Å². The quantitative estimate of drug-likeness (QED) is 0.0168. The third-order valence-electron chi connectivity index (χ3n) is 23.5. The highest BCUT2D eigenvalue weighted by Crippen LogP contribution is 2.26. The highest BCUT2D eigenvalue weighted by molar-refractivity contribution is 8.00. The van der Waals surface area contributed by atoms with E-state index in [0.717, 1.165) is 47.4 Å². The largest absolute Gasteiger partial charge is 0.394 e. The predicted molar refractivity (Wildman–Crippen MR) is 503 cm³/mol. The van der Waals surface area contributed by atoms with Gasteiger partial charge in [0.1, 0.15) is 78.5 Å². The van der Waals surface area contributed by atoms with Gasteiger partial charge in [0, 0.05) is 102 Å². The number of aromatic nitrogens is 3. The van der Waals surface area contributed by atoms with Crippen molar-refractivity contribution in [3.8, 4) is 11.1 Å². The van der Waals surface area contributed by atoms with E-state index in [9.17, 15) is 62.6 Å². The number of H-pyrrole nitrogens is 2. The maximum atomic E-state index is 15.7. The molecule has 730 valence electrons. The van der Waals surface area contributed by atoms with E-state index in [1.165, 1.54) is 47.6 Å². The number of rotatable bonds is 27. The Balaban J connectivity index is 1.19. The van der Waals surface area contributed by atoms with Crippen LogP contribution in [0.2, 0.25) is 0 Å². The highest BCUT2D eigenvalue weighted by Gasteiger charge is 2.44. The van der Waals surface area contributed by atoms with E-state index >= 15 is 24.0 Å². The molecule has 135 heavy (non-hydrogen) atoms. The zero-order valence-electron chi connectivity index (χ0n) is 77.7. The van der Waals surface area contributed by atoms with Crippen LogP contribution in [-0.4, -0.2) is 302 Å². The lowest BCUT2D eigenvalue weighted by molar-refractivity contribution is -0.149. The molecule has 42 heteroatoms. The maximum Gasteiger partial charge on any atom is 0.246 e. The topological polar surface area (TPSA) is 605 Å². The first kappa shape index (κ1) is 107. The molecule has 0 aliphatic carbocycles. The zero-order chi connectivity index (χ0) is 98.7. The molecule has 0 saturated carbocycles. The molecule has 41 nitrogen and oxygen atoms in total. The van der Waals surface area contributed by atoms with Crippen LogP contribution in [0.3, 0.4) is 0 Å². The number of likely N-dealkylation sites (N-methyl/N-ethyl adjacent to an activating group) is 4. The van der Waals surface area contributed by atoms with Gasteiger partial charge in [-0.25, -0.2) is 4.98 Å². The van der Waals surface area contributed by atoms with Gasteiger partial charge < -0.3 is 115 Å². The summed E-state index contributed by atoms with van der Waals surface area (Å²) in [7, 11) is 5.26. The molecule has 2 aromatic heterocycles. The van der Waals surface area contributed by atoms with Gasteiger partial charge in [-0.1, -0.05) is 157 Å². The number of carbonyl (C=O) groups is 17.